The molecule has 8 heteroatoms. The highest BCUT2D eigenvalue weighted by molar-refractivity contribution is 5.88. The van der Waals surface area contributed by atoms with Crippen LogP contribution < -0.4 is 20.3 Å². The maximum atomic E-state index is 14.4. The normalized spacial score (nSPS) is 20.7. The largest absolute Gasteiger partial charge is 0.423 e. The number of nitrogens with one attached hydrogen (secondary N) is 2. The van der Waals surface area contributed by atoms with Gasteiger partial charge in [0, 0.05) is 62.0 Å². The molecule has 2 aromatic heterocycles. The van der Waals surface area contributed by atoms with Crippen LogP contribution in [0.1, 0.15) is 17.0 Å². The van der Waals surface area contributed by atoms with Gasteiger partial charge in [-0.1, -0.05) is 0 Å². The van der Waals surface area contributed by atoms with Gasteiger partial charge in [0.25, 0.3) is 0 Å². The topological polar surface area (TPSA) is 75.2 Å². The molecule has 3 aliphatic rings. The van der Waals surface area contributed by atoms with Crippen molar-refractivity contribution >= 4 is 11.5 Å². The van der Waals surface area contributed by atoms with Gasteiger partial charge in [0.1, 0.15) is 17.4 Å². The van der Waals surface area contributed by atoms with E-state index >= 15 is 0 Å². The number of halogens is 1. The van der Waals surface area contributed by atoms with Crippen molar-refractivity contribution in [2.75, 3.05) is 36.9 Å². The molecular formula is C23H23FN6O. The lowest BCUT2D eigenvalue weighted by atomic mass is 9.96. The first-order valence-electron chi connectivity index (χ1n) is 10.6. The molecule has 7 nitrogen and oxygen atoms in total. The summed E-state index contributed by atoms with van der Waals surface area (Å²) in [6.07, 6.45) is 2.28. The van der Waals surface area contributed by atoms with Crippen LogP contribution in [0, 0.1) is 18.7 Å². The number of aryl methyl sites for hydroxylation is 1. The van der Waals surface area contributed by atoms with Crippen LogP contribution in [-0.4, -0.2) is 47.7 Å². The van der Waals surface area contributed by atoms with Gasteiger partial charge in [0.05, 0.1) is 11.9 Å². The van der Waals surface area contributed by atoms with Gasteiger partial charge in [-0.15, -0.1) is 0 Å². The second kappa shape index (κ2) is 6.88. The van der Waals surface area contributed by atoms with Crippen molar-refractivity contribution in [3.63, 3.8) is 0 Å². The lowest BCUT2D eigenvalue weighted by Gasteiger charge is -2.29. The summed E-state index contributed by atoms with van der Waals surface area (Å²) in [4.78, 5) is 16.1. The van der Waals surface area contributed by atoms with E-state index in [1.807, 2.05) is 26.1 Å². The summed E-state index contributed by atoms with van der Waals surface area (Å²) in [5.74, 6) is 1.77. The first-order chi connectivity index (χ1) is 15.1. The molecule has 0 amide bonds. The van der Waals surface area contributed by atoms with E-state index < -0.39 is 0 Å². The average molecular weight is 418 g/mol. The van der Waals surface area contributed by atoms with Crippen molar-refractivity contribution in [2.45, 2.75) is 19.4 Å². The van der Waals surface area contributed by atoms with Crippen LogP contribution in [0.4, 0.5) is 15.9 Å². The summed E-state index contributed by atoms with van der Waals surface area (Å²) in [5.41, 5.74) is 5.40. The predicted molar refractivity (Wildman–Crippen MR) is 116 cm³/mol. The third-order valence-electron chi connectivity index (χ3n) is 6.52. The van der Waals surface area contributed by atoms with Crippen LogP contribution >= 0.6 is 0 Å². The number of hydrogen-bond acceptors (Lipinski definition) is 7. The SMILES string of the molecule is CNc1cc(F)cc2c1Cc1nc(Oc3ccc(C)nc3)nc(N3CC4CNC4C3)c1-2. The Balaban J connectivity index is 1.47. The number of aromatic nitrogens is 3. The smallest absolute Gasteiger partial charge is 0.324 e. The third-order valence-corrected chi connectivity index (χ3v) is 6.52. The number of fused-ring (bicyclic) bond motifs is 4. The fourth-order valence-corrected chi connectivity index (χ4v) is 4.84. The van der Waals surface area contributed by atoms with Crippen LogP contribution in [0.5, 0.6) is 11.8 Å². The van der Waals surface area contributed by atoms with Crippen LogP contribution in [0.3, 0.4) is 0 Å². The molecular weight excluding hydrogens is 395 g/mol. The Hall–Kier alpha value is -3.26. The van der Waals surface area contributed by atoms with Crippen LogP contribution in [-0.2, 0) is 6.42 Å². The molecule has 2 aliphatic heterocycles. The molecule has 0 saturated carbocycles. The van der Waals surface area contributed by atoms with E-state index in [-0.39, 0.29) is 5.82 Å². The zero-order valence-corrected chi connectivity index (χ0v) is 17.4. The highest BCUT2D eigenvalue weighted by Crippen LogP contribution is 2.46. The Morgan fingerprint density at radius 1 is 1.23 bits per heavy atom. The molecule has 4 heterocycles. The Morgan fingerprint density at radius 3 is 2.81 bits per heavy atom. The number of rotatable bonds is 4. The van der Waals surface area contributed by atoms with Crippen molar-refractivity contribution < 1.29 is 9.13 Å². The predicted octanol–water partition coefficient (Wildman–Crippen LogP) is 3.13. The second-order valence-corrected chi connectivity index (χ2v) is 8.47. The third kappa shape index (κ3) is 3.01. The summed E-state index contributed by atoms with van der Waals surface area (Å²) >= 11 is 0. The van der Waals surface area contributed by atoms with E-state index in [0.717, 1.165) is 59.2 Å². The quantitative estimate of drug-likeness (QED) is 0.527. The standard InChI is InChI=1S/C23H23FN6O/c1-12-3-4-15(9-26-12)31-23-28-19-7-16-17(5-14(24)6-18(16)25-2)21(19)22(29-23)30-10-13-8-27-20(13)11-30/h3-6,9,13,20,25,27H,7-8,10-11H2,1-2H3. The monoisotopic (exact) mass is 418 g/mol. The lowest BCUT2D eigenvalue weighted by molar-refractivity contribution is 0.297. The zero-order chi connectivity index (χ0) is 21.1. The zero-order valence-electron chi connectivity index (χ0n) is 17.4. The minimum Gasteiger partial charge on any atom is -0.423 e. The summed E-state index contributed by atoms with van der Waals surface area (Å²) in [7, 11) is 1.81. The number of pyridine rings is 1. The summed E-state index contributed by atoms with van der Waals surface area (Å²) in [5, 5.41) is 6.61. The minimum absolute atomic E-state index is 0.267. The Kier molecular flexibility index (Phi) is 4.11. The van der Waals surface area contributed by atoms with Gasteiger partial charge in [-0.3, -0.25) is 4.98 Å². The van der Waals surface area contributed by atoms with E-state index in [4.69, 9.17) is 14.7 Å². The molecule has 3 aromatic rings. The van der Waals surface area contributed by atoms with Crippen molar-refractivity contribution in [1.82, 2.24) is 20.3 Å². The van der Waals surface area contributed by atoms with E-state index in [9.17, 15) is 4.39 Å². The van der Waals surface area contributed by atoms with Crippen LogP contribution in [0.25, 0.3) is 11.1 Å². The molecule has 1 aromatic carbocycles. The molecule has 158 valence electrons. The number of hydrogen-bond donors (Lipinski definition) is 2. The average Bonchev–Trinajstić information content (AvgIpc) is 3.25. The van der Waals surface area contributed by atoms with Gasteiger partial charge in [-0.05, 0) is 42.3 Å². The van der Waals surface area contributed by atoms with Gasteiger partial charge in [0.2, 0.25) is 0 Å². The number of benzene rings is 1. The Bertz CT molecular complexity index is 1170. The fraction of sp³-hybridized carbons (Fsp3) is 0.348. The fourth-order valence-electron chi connectivity index (χ4n) is 4.84. The summed E-state index contributed by atoms with van der Waals surface area (Å²) in [6.45, 7) is 4.76. The number of ether oxygens (including phenoxy) is 1. The molecule has 2 unspecified atom stereocenters. The highest BCUT2D eigenvalue weighted by atomic mass is 19.1. The van der Waals surface area contributed by atoms with Crippen LogP contribution in [0.15, 0.2) is 30.5 Å². The van der Waals surface area contributed by atoms with E-state index in [1.165, 1.54) is 6.07 Å². The van der Waals surface area contributed by atoms with Gasteiger partial charge >= 0.3 is 6.01 Å². The molecule has 2 N–H and O–H groups in total. The molecule has 1 aliphatic carbocycles. The van der Waals surface area contributed by atoms with Crippen LogP contribution in [0.2, 0.25) is 0 Å². The van der Waals surface area contributed by atoms with Crippen molar-refractivity contribution in [3.8, 4) is 22.9 Å². The lowest BCUT2D eigenvalue weighted by Crippen LogP contribution is -2.51. The number of anilines is 2. The maximum Gasteiger partial charge on any atom is 0.324 e. The van der Waals surface area contributed by atoms with E-state index in [1.54, 1.807) is 12.3 Å². The highest BCUT2D eigenvalue weighted by Gasteiger charge is 2.41. The van der Waals surface area contributed by atoms with Gasteiger partial charge < -0.3 is 20.3 Å². The van der Waals surface area contributed by atoms with Crippen molar-refractivity contribution in [2.24, 2.45) is 5.92 Å². The summed E-state index contributed by atoms with van der Waals surface area (Å²) in [6, 6.07) is 7.67. The number of nitrogens with zero attached hydrogens (tertiary/aromatic N) is 4. The maximum absolute atomic E-state index is 14.4. The molecule has 6 rings (SSSR count). The molecule has 0 bridgehead atoms. The van der Waals surface area contributed by atoms with Crippen molar-refractivity contribution in [1.29, 1.82) is 0 Å². The van der Waals surface area contributed by atoms with E-state index in [2.05, 4.69) is 20.5 Å². The van der Waals surface area contributed by atoms with Gasteiger partial charge in [-0.25, -0.2) is 4.39 Å². The van der Waals surface area contributed by atoms with E-state index in [0.29, 0.717) is 30.1 Å². The molecule has 2 atom stereocenters. The van der Waals surface area contributed by atoms with Gasteiger partial charge in [0.15, 0.2) is 0 Å². The Morgan fingerprint density at radius 2 is 2.13 bits per heavy atom. The molecule has 31 heavy (non-hydrogen) atoms. The summed E-state index contributed by atoms with van der Waals surface area (Å²) < 4.78 is 20.4. The van der Waals surface area contributed by atoms with Gasteiger partial charge in [-0.2, -0.15) is 9.97 Å². The Labute approximate surface area is 179 Å². The molecule has 0 spiro atoms. The molecule has 2 saturated heterocycles. The molecule has 2 fully saturated rings. The second-order valence-electron chi connectivity index (χ2n) is 8.47. The minimum atomic E-state index is -0.267. The van der Waals surface area contributed by atoms with Crippen molar-refractivity contribution in [3.05, 3.63) is 53.2 Å². The first-order valence-corrected chi connectivity index (χ1v) is 10.6. The first kappa shape index (κ1) is 18.5. The molecule has 0 radical (unpaired) electrons.